The van der Waals surface area contributed by atoms with Crippen molar-refractivity contribution in [3.05, 3.63) is 237 Å². The van der Waals surface area contributed by atoms with Gasteiger partial charge in [0.25, 0.3) is 0 Å². The molecule has 1 nitrogen and oxygen atoms in total. The van der Waals surface area contributed by atoms with Gasteiger partial charge in [0.15, 0.2) is 0 Å². The molecule has 0 bridgehead atoms. The minimum atomic E-state index is 1.11. The van der Waals surface area contributed by atoms with Gasteiger partial charge in [0.05, 0.1) is 5.69 Å². The van der Waals surface area contributed by atoms with E-state index in [4.69, 9.17) is 0 Å². The highest BCUT2D eigenvalue weighted by atomic mass is 15.1. The Morgan fingerprint density at radius 2 is 0.651 bits per heavy atom. The summed E-state index contributed by atoms with van der Waals surface area (Å²) in [6.07, 6.45) is 0. The Bertz CT molecular complexity index is 3720. The maximum absolute atomic E-state index is 2.48. The Balaban J connectivity index is 1.07. The zero-order valence-corrected chi connectivity index (χ0v) is 34.5. The summed E-state index contributed by atoms with van der Waals surface area (Å²) < 4.78 is 0. The lowest BCUT2D eigenvalue weighted by atomic mass is 9.70. The van der Waals surface area contributed by atoms with Crippen LogP contribution in [0.3, 0.4) is 0 Å². The molecule has 12 aromatic carbocycles. The second-order valence-electron chi connectivity index (χ2n) is 16.7. The van der Waals surface area contributed by atoms with Crippen molar-refractivity contribution in [2.75, 3.05) is 4.90 Å². The van der Waals surface area contributed by atoms with Gasteiger partial charge in [-0.15, -0.1) is 0 Å². The third kappa shape index (κ3) is 5.50. The minimum Gasteiger partial charge on any atom is -0.310 e. The highest BCUT2D eigenvalue weighted by Crippen LogP contribution is 2.60. The monoisotopic (exact) mass is 797 g/mol. The molecule has 1 heteroatoms. The summed E-state index contributed by atoms with van der Waals surface area (Å²) in [6, 6.07) is 87.2. The van der Waals surface area contributed by atoms with Crippen molar-refractivity contribution in [2.24, 2.45) is 0 Å². The number of hydrogen-bond donors (Lipinski definition) is 0. The van der Waals surface area contributed by atoms with Crippen LogP contribution in [-0.4, -0.2) is 0 Å². The highest BCUT2D eigenvalue weighted by Gasteiger charge is 2.33. The molecule has 0 saturated carbocycles. The summed E-state index contributed by atoms with van der Waals surface area (Å²) in [5.41, 5.74) is 16.1. The van der Waals surface area contributed by atoms with Crippen LogP contribution >= 0.6 is 0 Å². The zero-order valence-electron chi connectivity index (χ0n) is 34.5. The van der Waals surface area contributed by atoms with E-state index >= 15 is 0 Å². The average Bonchev–Trinajstić information content (AvgIpc) is 3.36. The first-order valence-corrected chi connectivity index (χ1v) is 21.8. The Labute approximate surface area is 366 Å². The van der Waals surface area contributed by atoms with Crippen molar-refractivity contribution in [1.82, 2.24) is 0 Å². The number of nitrogens with zero attached hydrogens (tertiary/aromatic N) is 1. The van der Waals surface area contributed by atoms with Crippen LogP contribution in [0.2, 0.25) is 0 Å². The van der Waals surface area contributed by atoms with Crippen LogP contribution in [0.5, 0.6) is 0 Å². The summed E-state index contributed by atoms with van der Waals surface area (Å²) >= 11 is 0. The van der Waals surface area contributed by atoms with Gasteiger partial charge >= 0.3 is 0 Å². The van der Waals surface area contributed by atoms with E-state index in [0.717, 1.165) is 17.1 Å². The fraction of sp³-hybridized carbons (Fsp3) is 0. The molecule has 0 spiro atoms. The fourth-order valence-corrected chi connectivity index (χ4v) is 10.5. The van der Waals surface area contributed by atoms with E-state index in [1.54, 1.807) is 0 Å². The van der Waals surface area contributed by atoms with Gasteiger partial charge in [-0.3, -0.25) is 0 Å². The zero-order chi connectivity index (χ0) is 41.4. The molecule has 0 heterocycles. The van der Waals surface area contributed by atoms with Gasteiger partial charge in [0.1, 0.15) is 0 Å². The number of hydrogen-bond acceptors (Lipinski definition) is 1. The molecule has 0 amide bonds. The van der Waals surface area contributed by atoms with E-state index in [9.17, 15) is 0 Å². The van der Waals surface area contributed by atoms with E-state index in [2.05, 4.69) is 241 Å². The first kappa shape index (κ1) is 35.5. The molecular formula is C62H39N. The first-order valence-electron chi connectivity index (χ1n) is 21.8. The lowest BCUT2D eigenvalue weighted by molar-refractivity contribution is 1.30. The van der Waals surface area contributed by atoms with Crippen LogP contribution in [0.15, 0.2) is 237 Å². The predicted octanol–water partition coefficient (Wildman–Crippen LogP) is 17.6. The SMILES string of the molecule is c1ccc(-c2ccc(N(c3ccc4c5ccccc5c5ccccc5c4c3)c3cccc4cc5c(cc34)-c3c-5c(-c4ccccc4)c4ccccc4c3-c3ccccc3)cc2)cc1. The predicted molar refractivity (Wildman–Crippen MR) is 269 cm³/mol. The molecule has 1 aliphatic carbocycles. The molecule has 0 saturated heterocycles. The van der Waals surface area contributed by atoms with Crippen LogP contribution in [0.4, 0.5) is 17.1 Å². The topological polar surface area (TPSA) is 3.24 Å². The standard InChI is InChI=1S/C62H39N/c1-4-17-40(18-5-1)41-31-33-45(34-32-41)63(46-35-36-51-49-26-11-10-24-47(49)48-25-12-13-27-50(48)55(51)38-46)58-30-16-23-44-37-56-57(39-54(44)58)62-60(43-21-8-3-9-22-43)53-29-15-14-28-52(53)59(61(56)62)42-19-6-2-7-20-42/h1-39H. The number of benzene rings is 12. The van der Waals surface area contributed by atoms with Crippen LogP contribution in [0.25, 0.3) is 109 Å². The molecule has 0 radical (unpaired) electrons. The van der Waals surface area contributed by atoms with Gasteiger partial charge in [-0.05, 0) is 147 Å². The Morgan fingerprint density at radius 1 is 0.222 bits per heavy atom. The summed E-state index contributed by atoms with van der Waals surface area (Å²) in [5.74, 6) is 0. The minimum absolute atomic E-state index is 1.11. The van der Waals surface area contributed by atoms with Crippen molar-refractivity contribution in [3.8, 4) is 55.6 Å². The number of rotatable bonds is 6. The average molecular weight is 798 g/mol. The van der Waals surface area contributed by atoms with Gasteiger partial charge in [0, 0.05) is 16.8 Å². The van der Waals surface area contributed by atoms with Crippen LogP contribution in [-0.2, 0) is 0 Å². The van der Waals surface area contributed by atoms with Crippen molar-refractivity contribution >= 4 is 70.9 Å². The lowest BCUT2D eigenvalue weighted by Crippen LogP contribution is -2.11. The van der Waals surface area contributed by atoms with Crippen LogP contribution in [0.1, 0.15) is 0 Å². The van der Waals surface area contributed by atoms with Crippen LogP contribution < -0.4 is 4.90 Å². The molecule has 1 aliphatic rings. The van der Waals surface area contributed by atoms with Gasteiger partial charge in [-0.2, -0.15) is 0 Å². The van der Waals surface area contributed by atoms with Crippen molar-refractivity contribution in [1.29, 1.82) is 0 Å². The maximum atomic E-state index is 2.48. The Morgan fingerprint density at radius 3 is 1.21 bits per heavy atom. The van der Waals surface area contributed by atoms with E-state index in [1.807, 2.05) is 0 Å². The molecule has 0 fully saturated rings. The van der Waals surface area contributed by atoms with Crippen molar-refractivity contribution < 1.29 is 0 Å². The van der Waals surface area contributed by atoms with Gasteiger partial charge in [0.2, 0.25) is 0 Å². The fourth-order valence-electron chi connectivity index (χ4n) is 10.5. The second kappa shape index (κ2) is 14.2. The largest absolute Gasteiger partial charge is 0.310 e. The number of fused-ring (bicyclic) bond motifs is 12. The summed E-state index contributed by atoms with van der Waals surface area (Å²) in [6.45, 7) is 0. The summed E-state index contributed by atoms with van der Waals surface area (Å²) in [4.78, 5) is 2.47. The summed E-state index contributed by atoms with van der Waals surface area (Å²) in [5, 5.41) is 12.6. The quantitative estimate of drug-likeness (QED) is 0.152. The highest BCUT2D eigenvalue weighted by molar-refractivity contribution is 6.28. The molecule has 63 heavy (non-hydrogen) atoms. The molecule has 0 aromatic heterocycles. The molecule has 0 aliphatic heterocycles. The normalized spacial score (nSPS) is 11.8. The van der Waals surface area contributed by atoms with Crippen LogP contribution in [0, 0.1) is 0 Å². The molecule has 292 valence electrons. The van der Waals surface area contributed by atoms with Gasteiger partial charge in [-0.1, -0.05) is 194 Å². The maximum Gasteiger partial charge on any atom is 0.0540 e. The van der Waals surface area contributed by atoms with Crippen molar-refractivity contribution in [3.63, 3.8) is 0 Å². The molecular weight excluding hydrogens is 759 g/mol. The summed E-state index contributed by atoms with van der Waals surface area (Å²) in [7, 11) is 0. The number of anilines is 3. The molecule has 0 atom stereocenters. The molecule has 0 unspecified atom stereocenters. The van der Waals surface area contributed by atoms with E-state index < -0.39 is 0 Å². The second-order valence-corrected chi connectivity index (χ2v) is 16.7. The first-order chi connectivity index (χ1) is 31.3. The van der Waals surface area contributed by atoms with Gasteiger partial charge in [-0.25, -0.2) is 0 Å². The Kier molecular flexibility index (Phi) is 7.98. The molecule has 13 rings (SSSR count). The third-order valence-corrected chi connectivity index (χ3v) is 13.3. The van der Waals surface area contributed by atoms with E-state index in [-0.39, 0.29) is 0 Å². The van der Waals surface area contributed by atoms with Gasteiger partial charge < -0.3 is 4.90 Å². The van der Waals surface area contributed by atoms with E-state index in [1.165, 1.54) is 109 Å². The molecule has 0 N–H and O–H groups in total. The third-order valence-electron chi connectivity index (χ3n) is 13.3. The molecule has 12 aromatic rings. The Hall–Kier alpha value is -8.26. The lowest BCUT2D eigenvalue weighted by Gasteiger charge is -2.33. The van der Waals surface area contributed by atoms with E-state index in [0.29, 0.717) is 0 Å². The van der Waals surface area contributed by atoms with Crippen molar-refractivity contribution in [2.45, 2.75) is 0 Å². The smallest absolute Gasteiger partial charge is 0.0540 e.